The number of pyridine rings is 1. The van der Waals surface area contributed by atoms with E-state index in [9.17, 15) is 0 Å². The molecule has 0 saturated heterocycles. The Labute approximate surface area is 96.3 Å². The van der Waals surface area contributed by atoms with Crippen LogP contribution < -0.4 is 0 Å². The maximum absolute atomic E-state index is 4.79. The van der Waals surface area contributed by atoms with Crippen LogP contribution in [-0.4, -0.2) is 9.38 Å². The normalized spacial score (nSPS) is 24.7. The molecule has 0 radical (unpaired) electrons. The summed E-state index contributed by atoms with van der Waals surface area (Å²) < 4.78 is 2.28. The molecule has 2 unspecified atom stereocenters. The lowest BCUT2D eigenvalue weighted by atomic mass is 9.82. The zero-order valence-corrected chi connectivity index (χ0v) is 10.2. The Balaban J connectivity index is 2.26. The van der Waals surface area contributed by atoms with Crippen LogP contribution in [0.5, 0.6) is 0 Å². The van der Waals surface area contributed by atoms with E-state index in [0.29, 0.717) is 5.92 Å². The molecule has 84 valence electrons. The predicted molar refractivity (Wildman–Crippen MR) is 65.8 cm³/mol. The van der Waals surface area contributed by atoms with E-state index in [-0.39, 0.29) is 0 Å². The molecule has 2 aromatic rings. The van der Waals surface area contributed by atoms with Gasteiger partial charge < -0.3 is 4.40 Å². The van der Waals surface area contributed by atoms with Crippen LogP contribution in [0.15, 0.2) is 18.3 Å². The molecule has 2 heteroatoms. The van der Waals surface area contributed by atoms with E-state index >= 15 is 0 Å². The highest BCUT2D eigenvalue weighted by atomic mass is 15.0. The standard InChI is InChI=1S/C14H18N2/c1-9-4-7-13-15-14-11(3)10(2)5-6-12(14)16(13)8-9/h4,7-8,10-11H,5-6H2,1-3H3. The molecule has 0 fully saturated rings. The molecular formula is C14H18N2. The van der Waals surface area contributed by atoms with Crippen LogP contribution in [0.3, 0.4) is 0 Å². The van der Waals surface area contributed by atoms with Crippen LogP contribution in [0.4, 0.5) is 0 Å². The summed E-state index contributed by atoms with van der Waals surface area (Å²) in [6.07, 6.45) is 4.67. The fourth-order valence-corrected chi connectivity index (χ4v) is 2.71. The first kappa shape index (κ1) is 9.88. The van der Waals surface area contributed by atoms with E-state index in [1.807, 2.05) is 0 Å². The van der Waals surface area contributed by atoms with Gasteiger partial charge in [-0.05, 0) is 37.3 Å². The lowest BCUT2D eigenvalue weighted by Crippen LogP contribution is -2.16. The molecule has 2 atom stereocenters. The van der Waals surface area contributed by atoms with Crippen molar-refractivity contribution in [3.8, 4) is 0 Å². The van der Waals surface area contributed by atoms with Crippen LogP contribution in [0.1, 0.15) is 43.1 Å². The highest BCUT2D eigenvalue weighted by molar-refractivity contribution is 5.46. The molecule has 2 nitrogen and oxygen atoms in total. The third-order valence-corrected chi connectivity index (χ3v) is 4.02. The van der Waals surface area contributed by atoms with Gasteiger partial charge in [-0.1, -0.05) is 19.9 Å². The van der Waals surface area contributed by atoms with E-state index in [4.69, 9.17) is 4.98 Å². The van der Waals surface area contributed by atoms with Crippen molar-refractivity contribution < 1.29 is 0 Å². The van der Waals surface area contributed by atoms with Gasteiger partial charge >= 0.3 is 0 Å². The molecule has 2 heterocycles. The summed E-state index contributed by atoms with van der Waals surface area (Å²) in [6.45, 7) is 6.78. The van der Waals surface area contributed by atoms with Crippen LogP contribution in [0.25, 0.3) is 5.65 Å². The largest absolute Gasteiger partial charge is 0.304 e. The smallest absolute Gasteiger partial charge is 0.137 e. The molecule has 0 aromatic carbocycles. The van der Waals surface area contributed by atoms with Crippen molar-refractivity contribution in [2.75, 3.05) is 0 Å². The first-order valence-corrected chi connectivity index (χ1v) is 6.14. The molecule has 0 aliphatic heterocycles. The van der Waals surface area contributed by atoms with Gasteiger partial charge in [0.2, 0.25) is 0 Å². The average Bonchev–Trinajstić information content (AvgIpc) is 2.62. The van der Waals surface area contributed by atoms with Gasteiger partial charge in [-0.2, -0.15) is 0 Å². The summed E-state index contributed by atoms with van der Waals surface area (Å²) in [5.74, 6) is 1.36. The summed E-state index contributed by atoms with van der Waals surface area (Å²) >= 11 is 0. The lowest BCUT2D eigenvalue weighted by Gasteiger charge is -2.24. The van der Waals surface area contributed by atoms with E-state index < -0.39 is 0 Å². The number of aromatic nitrogens is 2. The first-order chi connectivity index (χ1) is 7.66. The molecule has 1 aliphatic rings. The van der Waals surface area contributed by atoms with Crippen molar-refractivity contribution in [1.82, 2.24) is 9.38 Å². The van der Waals surface area contributed by atoms with Gasteiger partial charge in [0.05, 0.1) is 5.69 Å². The Bertz CT molecular complexity index is 539. The number of rotatable bonds is 0. The predicted octanol–water partition coefficient (Wildman–Crippen LogP) is 3.33. The van der Waals surface area contributed by atoms with Crippen LogP contribution >= 0.6 is 0 Å². The Morgan fingerprint density at radius 3 is 2.94 bits per heavy atom. The summed E-state index contributed by atoms with van der Waals surface area (Å²) in [5, 5.41) is 0. The van der Waals surface area contributed by atoms with Crippen molar-refractivity contribution in [3.63, 3.8) is 0 Å². The summed E-state index contributed by atoms with van der Waals surface area (Å²) in [5.41, 5.74) is 5.17. The number of imidazole rings is 1. The second kappa shape index (κ2) is 3.34. The van der Waals surface area contributed by atoms with Gasteiger partial charge in [-0.3, -0.25) is 0 Å². The van der Waals surface area contributed by atoms with E-state index in [2.05, 4.69) is 43.5 Å². The van der Waals surface area contributed by atoms with Gasteiger partial charge in [0.15, 0.2) is 0 Å². The fourth-order valence-electron chi connectivity index (χ4n) is 2.71. The number of hydrogen-bond donors (Lipinski definition) is 0. The fraction of sp³-hybridized carbons (Fsp3) is 0.500. The Morgan fingerprint density at radius 2 is 2.12 bits per heavy atom. The third kappa shape index (κ3) is 1.29. The topological polar surface area (TPSA) is 17.3 Å². The number of hydrogen-bond acceptors (Lipinski definition) is 1. The van der Waals surface area contributed by atoms with E-state index in [1.165, 1.54) is 29.8 Å². The molecule has 2 aromatic heterocycles. The minimum absolute atomic E-state index is 0.601. The first-order valence-electron chi connectivity index (χ1n) is 6.14. The van der Waals surface area contributed by atoms with Crippen molar-refractivity contribution in [2.45, 2.75) is 39.5 Å². The van der Waals surface area contributed by atoms with Gasteiger partial charge in [0.25, 0.3) is 0 Å². The molecule has 0 saturated carbocycles. The Hall–Kier alpha value is -1.31. The molecule has 0 amide bonds. The molecule has 0 N–H and O–H groups in total. The SMILES string of the molecule is Cc1ccc2nc3c(n2c1)CCC(C)C3C. The minimum Gasteiger partial charge on any atom is -0.304 e. The quantitative estimate of drug-likeness (QED) is 0.657. The minimum atomic E-state index is 0.601. The summed E-state index contributed by atoms with van der Waals surface area (Å²) in [7, 11) is 0. The van der Waals surface area contributed by atoms with Gasteiger partial charge in [-0.15, -0.1) is 0 Å². The van der Waals surface area contributed by atoms with Crippen molar-refractivity contribution in [1.29, 1.82) is 0 Å². The molecule has 0 bridgehead atoms. The monoisotopic (exact) mass is 214 g/mol. The van der Waals surface area contributed by atoms with Crippen LogP contribution in [0.2, 0.25) is 0 Å². The zero-order valence-electron chi connectivity index (χ0n) is 10.2. The zero-order chi connectivity index (χ0) is 11.3. The molecule has 0 spiro atoms. The number of nitrogens with zero attached hydrogens (tertiary/aromatic N) is 2. The van der Waals surface area contributed by atoms with Crippen molar-refractivity contribution in [2.24, 2.45) is 5.92 Å². The maximum atomic E-state index is 4.79. The molecule has 1 aliphatic carbocycles. The number of fused-ring (bicyclic) bond motifs is 3. The Morgan fingerprint density at radius 1 is 1.31 bits per heavy atom. The maximum Gasteiger partial charge on any atom is 0.137 e. The van der Waals surface area contributed by atoms with Gasteiger partial charge in [-0.25, -0.2) is 4.98 Å². The van der Waals surface area contributed by atoms with Crippen LogP contribution in [-0.2, 0) is 6.42 Å². The van der Waals surface area contributed by atoms with Crippen molar-refractivity contribution >= 4 is 5.65 Å². The summed E-state index contributed by atoms with van der Waals surface area (Å²) in [4.78, 5) is 4.79. The highest BCUT2D eigenvalue weighted by Gasteiger charge is 2.27. The molecular weight excluding hydrogens is 196 g/mol. The van der Waals surface area contributed by atoms with E-state index in [0.717, 1.165) is 11.6 Å². The number of aryl methyl sites for hydroxylation is 2. The third-order valence-electron chi connectivity index (χ3n) is 4.02. The average molecular weight is 214 g/mol. The Kier molecular flexibility index (Phi) is 2.06. The highest BCUT2D eigenvalue weighted by Crippen LogP contribution is 2.35. The van der Waals surface area contributed by atoms with Crippen molar-refractivity contribution in [3.05, 3.63) is 35.3 Å². The lowest BCUT2D eigenvalue weighted by molar-refractivity contribution is 0.415. The second-order valence-corrected chi connectivity index (χ2v) is 5.18. The van der Waals surface area contributed by atoms with E-state index in [1.54, 1.807) is 0 Å². The molecule has 16 heavy (non-hydrogen) atoms. The second-order valence-electron chi connectivity index (χ2n) is 5.18. The van der Waals surface area contributed by atoms with Crippen LogP contribution in [0, 0.1) is 12.8 Å². The summed E-state index contributed by atoms with van der Waals surface area (Å²) in [6, 6.07) is 4.27. The van der Waals surface area contributed by atoms with Gasteiger partial charge in [0, 0.05) is 17.8 Å². The van der Waals surface area contributed by atoms with Gasteiger partial charge in [0.1, 0.15) is 5.65 Å². The molecule has 3 rings (SSSR count).